The Kier molecular flexibility index (Phi) is 4.38. The molecule has 98 valence electrons. The number of anilines is 1. The van der Waals surface area contributed by atoms with E-state index in [1.165, 1.54) is 5.56 Å². The van der Waals surface area contributed by atoms with Crippen LogP contribution in [0.4, 0.5) is 5.69 Å². The Bertz CT molecular complexity index is 473. The summed E-state index contributed by atoms with van der Waals surface area (Å²) in [6.45, 7) is 6.53. The number of nitrogens with one attached hydrogen (secondary N) is 1. The molecule has 1 aliphatic rings. The predicted octanol–water partition coefficient (Wildman–Crippen LogP) is 4.83. The number of aliphatic imine (C=N–C) groups is 1. The zero-order valence-corrected chi connectivity index (χ0v) is 13.5. The Morgan fingerprint density at radius 2 is 2.28 bits per heavy atom. The lowest BCUT2D eigenvalue weighted by atomic mass is 9.97. The number of amidine groups is 1. The molecule has 1 atom stereocenters. The van der Waals surface area contributed by atoms with Crippen molar-refractivity contribution in [3.8, 4) is 0 Å². The maximum absolute atomic E-state index is 4.84. The molecule has 1 aromatic carbocycles. The second-order valence-corrected chi connectivity index (χ2v) is 6.91. The molecular formula is C14H19BrN2S. The fraction of sp³-hybridized carbons (Fsp3) is 0.500. The standard InChI is InChI=1S/C14H19BrN2S/c1-4-14(3)7-8-18-13(17-14)16-12-6-5-10(2)9-11(12)15/h5-6,9H,4,7-8H2,1-3H3,(H,16,17). The summed E-state index contributed by atoms with van der Waals surface area (Å²) in [6.07, 6.45) is 2.25. The summed E-state index contributed by atoms with van der Waals surface area (Å²) in [5.74, 6) is 1.14. The number of nitrogens with zero attached hydrogens (tertiary/aromatic N) is 1. The van der Waals surface area contributed by atoms with Crippen molar-refractivity contribution in [1.82, 2.24) is 0 Å². The van der Waals surface area contributed by atoms with Crippen LogP contribution in [-0.2, 0) is 0 Å². The molecule has 1 aromatic rings. The molecule has 0 amide bonds. The Morgan fingerprint density at radius 1 is 1.50 bits per heavy atom. The molecule has 1 heterocycles. The number of benzene rings is 1. The average Bonchev–Trinajstić information content (AvgIpc) is 2.33. The fourth-order valence-electron chi connectivity index (χ4n) is 1.86. The maximum Gasteiger partial charge on any atom is 0.161 e. The third kappa shape index (κ3) is 3.29. The van der Waals surface area contributed by atoms with Gasteiger partial charge < -0.3 is 5.32 Å². The number of thioether (sulfide) groups is 1. The Labute approximate surface area is 122 Å². The molecule has 2 nitrogen and oxygen atoms in total. The number of aryl methyl sites for hydroxylation is 1. The van der Waals surface area contributed by atoms with Gasteiger partial charge in [0.2, 0.25) is 0 Å². The lowest BCUT2D eigenvalue weighted by Gasteiger charge is -2.29. The highest BCUT2D eigenvalue weighted by Crippen LogP contribution is 2.31. The molecule has 1 unspecified atom stereocenters. The van der Waals surface area contributed by atoms with Crippen molar-refractivity contribution in [2.75, 3.05) is 11.1 Å². The SMILES string of the molecule is CCC1(C)CCSC(Nc2ccc(C)cc2Br)=N1. The van der Waals surface area contributed by atoms with E-state index >= 15 is 0 Å². The smallest absolute Gasteiger partial charge is 0.161 e. The van der Waals surface area contributed by atoms with Gasteiger partial charge in [-0.1, -0.05) is 24.8 Å². The van der Waals surface area contributed by atoms with Gasteiger partial charge in [-0.25, -0.2) is 0 Å². The van der Waals surface area contributed by atoms with Crippen LogP contribution in [0.25, 0.3) is 0 Å². The van der Waals surface area contributed by atoms with Crippen LogP contribution in [0.2, 0.25) is 0 Å². The van der Waals surface area contributed by atoms with Gasteiger partial charge in [0.25, 0.3) is 0 Å². The van der Waals surface area contributed by atoms with Crippen LogP contribution < -0.4 is 5.32 Å². The van der Waals surface area contributed by atoms with E-state index in [-0.39, 0.29) is 5.54 Å². The lowest BCUT2D eigenvalue weighted by Crippen LogP contribution is -2.29. The number of halogens is 1. The summed E-state index contributed by atoms with van der Waals surface area (Å²) < 4.78 is 1.09. The van der Waals surface area contributed by atoms with Crippen LogP contribution in [-0.4, -0.2) is 16.5 Å². The Morgan fingerprint density at radius 3 is 2.94 bits per heavy atom. The van der Waals surface area contributed by atoms with Crippen molar-refractivity contribution in [2.45, 2.75) is 39.2 Å². The summed E-state index contributed by atoms with van der Waals surface area (Å²) >= 11 is 5.40. The molecule has 0 fully saturated rings. The monoisotopic (exact) mass is 326 g/mol. The van der Waals surface area contributed by atoms with Crippen molar-refractivity contribution in [2.24, 2.45) is 4.99 Å². The minimum absolute atomic E-state index is 0.102. The summed E-state index contributed by atoms with van der Waals surface area (Å²) in [5, 5.41) is 4.47. The van der Waals surface area contributed by atoms with E-state index in [0.29, 0.717) is 0 Å². The topological polar surface area (TPSA) is 24.4 Å². The normalized spacial score (nSPS) is 23.7. The van der Waals surface area contributed by atoms with Crippen LogP contribution in [0.1, 0.15) is 32.3 Å². The molecule has 0 radical (unpaired) electrons. The first-order valence-corrected chi connectivity index (χ1v) is 8.06. The van der Waals surface area contributed by atoms with E-state index in [4.69, 9.17) is 4.99 Å². The molecule has 2 rings (SSSR count). The maximum atomic E-state index is 4.84. The zero-order chi connectivity index (χ0) is 13.2. The largest absolute Gasteiger partial charge is 0.334 e. The van der Waals surface area contributed by atoms with Crippen molar-refractivity contribution >= 4 is 38.5 Å². The average molecular weight is 327 g/mol. The zero-order valence-electron chi connectivity index (χ0n) is 11.1. The highest BCUT2D eigenvalue weighted by Gasteiger charge is 2.26. The van der Waals surface area contributed by atoms with Crippen molar-refractivity contribution in [3.63, 3.8) is 0 Å². The van der Waals surface area contributed by atoms with Crippen molar-refractivity contribution < 1.29 is 0 Å². The lowest BCUT2D eigenvalue weighted by molar-refractivity contribution is 0.443. The van der Waals surface area contributed by atoms with Crippen molar-refractivity contribution in [1.29, 1.82) is 0 Å². The molecule has 0 bridgehead atoms. The third-order valence-corrected chi connectivity index (χ3v) is 4.91. The van der Waals surface area contributed by atoms with Crippen LogP contribution in [0.15, 0.2) is 27.7 Å². The molecule has 0 saturated carbocycles. The molecule has 4 heteroatoms. The first-order valence-electron chi connectivity index (χ1n) is 6.28. The Hall–Kier alpha value is -0.480. The van der Waals surface area contributed by atoms with Gasteiger partial charge in [-0.15, -0.1) is 0 Å². The van der Waals surface area contributed by atoms with E-state index < -0.39 is 0 Å². The molecule has 18 heavy (non-hydrogen) atoms. The van der Waals surface area contributed by atoms with Gasteiger partial charge in [0.15, 0.2) is 5.17 Å². The Balaban J connectivity index is 2.18. The van der Waals surface area contributed by atoms with Gasteiger partial charge in [-0.2, -0.15) is 0 Å². The highest BCUT2D eigenvalue weighted by atomic mass is 79.9. The first-order chi connectivity index (χ1) is 8.52. The van der Waals surface area contributed by atoms with E-state index in [9.17, 15) is 0 Å². The fourth-order valence-corrected chi connectivity index (χ4v) is 3.65. The third-order valence-electron chi connectivity index (χ3n) is 3.38. The minimum Gasteiger partial charge on any atom is -0.334 e. The van der Waals surface area contributed by atoms with Gasteiger partial charge in [0, 0.05) is 10.2 Å². The van der Waals surface area contributed by atoms with E-state index in [2.05, 4.69) is 60.2 Å². The van der Waals surface area contributed by atoms with Gasteiger partial charge in [-0.3, -0.25) is 4.99 Å². The quantitative estimate of drug-likeness (QED) is 0.841. The van der Waals surface area contributed by atoms with E-state index in [1.807, 2.05) is 0 Å². The second kappa shape index (κ2) is 5.66. The van der Waals surface area contributed by atoms with Gasteiger partial charge in [0.1, 0.15) is 0 Å². The minimum atomic E-state index is 0.102. The molecule has 1 aliphatic heterocycles. The van der Waals surface area contributed by atoms with Crippen LogP contribution in [0.5, 0.6) is 0 Å². The van der Waals surface area contributed by atoms with Gasteiger partial charge in [0.05, 0.1) is 11.2 Å². The molecule has 0 spiro atoms. The van der Waals surface area contributed by atoms with Crippen molar-refractivity contribution in [3.05, 3.63) is 28.2 Å². The summed E-state index contributed by atoms with van der Waals surface area (Å²) in [7, 11) is 0. The highest BCUT2D eigenvalue weighted by molar-refractivity contribution is 9.10. The molecular weight excluding hydrogens is 308 g/mol. The summed E-state index contributed by atoms with van der Waals surface area (Å²) in [6, 6.07) is 6.33. The second-order valence-electron chi connectivity index (χ2n) is 4.97. The summed E-state index contributed by atoms with van der Waals surface area (Å²) in [5.41, 5.74) is 2.45. The summed E-state index contributed by atoms with van der Waals surface area (Å²) in [4.78, 5) is 4.84. The van der Waals surface area contributed by atoms with Gasteiger partial charge in [-0.05, 0) is 60.3 Å². The molecule has 1 N–H and O–H groups in total. The number of hydrogen-bond donors (Lipinski definition) is 1. The van der Waals surface area contributed by atoms with Crippen LogP contribution >= 0.6 is 27.7 Å². The predicted molar refractivity (Wildman–Crippen MR) is 85.7 cm³/mol. The molecule has 0 aromatic heterocycles. The number of rotatable bonds is 2. The van der Waals surface area contributed by atoms with Gasteiger partial charge >= 0.3 is 0 Å². The van der Waals surface area contributed by atoms with E-state index in [0.717, 1.165) is 33.9 Å². The molecule has 0 saturated heterocycles. The van der Waals surface area contributed by atoms with Crippen LogP contribution in [0.3, 0.4) is 0 Å². The molecule has 0 aliphatic carbocycles. The van der Waals surface area contributed by atoms with E-state index in [1.54, 1.807) is 11.8 Å². The first kappa shape index (κ1) is 13.9. The van der Waals surface area contributed by atoms with Crippen LogP contribution in [0, 0.1) is 6.92 Å². The number of hydrogen-bond acceptors (Lipinski definition) is 3.